The molecule has 0 spiro atoms. The predicted octanol–water partition coefficient (Wildman–Crippen LogP) is 2.04. The first-order valence-electron chi connectivity index (χ1n) is 6.24. The summed E-state index contributed by atoms with van der Waals surface area (Å²) in [6.45, 7) is 4.40. The first-order chi connectivity index (χ1) is 7.83. The minimum Gasteiger partial charge on any atom is -0.385 e. The molecule has 0 aliphatic heterocycles. The van der Waals surface area contributed by atoms with Crippen LogP contribution in [0.3, 0.4) is 0 Å². The smallest absolute Gasteiger partial charge is 0.0590 e. The van der Waals surface area contributed by atoms with Gasteiger partial charge in [-0.15, -0.1) is 11.6 Å². The first-order valence-corrected chi connectivity index (χ1v) is 6.68. The van der Waals surface area contributed by atoms with Crippen LogP contribution in [-0.4, -0.2) is 45.4 Å². The van der Waals surface area contributed by atoms with Crippen molar-refractivity contribution in [2.75, 3.05) is 40.0 Å². The molecule has 0 radical (unpaired) electrons. The molecule has 1 fully saturated rings. The molecule has 1 N–H and O–H groups in total. The van der Waals surface area contributed by atoms with Gasteiger partial charge < -0.3 is 14.8 Å². The molecule has 16 heavy (non-hydrogen) atoms. The lowest BCUT2D eigenvalue weighted by Crippen LogP contribution is -2.25. The molecular weight excluding hydrogens is 226 g/mol. The third-order valence-corrected chi connectivity index (χ3v) is 3.37. The third kappa shape index (κ3) is 6.69. The molecule has 0 aromatic heterocycles. The van der Waals surface area contributed by atoms with Crippen LogP contribution in [0.25, 0.3) is 0 Å². The number of alkyl halides is 1. The van der Waals surface area contributed by atoms with Gasteiger partial charge in [-0.25, -0.2) is 0 Å². The van der Waals surface area contributed by atoms with E-state index in [9.17, 15) is 0 Å². The van der Waals surface area contributed by atoms with Crippen molar-refractivity contribution in [3.63, 3.8) is 0 Å². The fourth-order valence-electron chi connectivity index (χ4n) is 2.06. The number of hydrogen-bond acceptors (Lipinski definition) is 3. The van der Waals surface area contributed by atoms with Crippen molar-refractivity contribution in [2.24, 2.45) is 5.92 Å². The van der Waals surface area contributed by atoms with Crippen molar-refractivity contribution in [2.45, 2.75) is 31.1 Å². The minimum absolute atomic E-state index is 0.414. The largest absolute Gasteiger partial charge is 0.385 e. The van der Waals surface area contributed by atoms with Gasteiger partial charge in [-0.3, -0.25) is 0 Å². The lowest BCUT2D eigenvalue weighted by Gasteiger charge is -2.10. The van der Waals surface area contributed by atoms with Gasteiger partial charge in [0.1, 0.15) is 0 Å². The van der Waals surface area contributed by atoms with E-state index >= 15 is 0 Å². The van der Waals surface area contributed by atoms with E-state index in [4.69, 9.17) is 21.1 Å². The van der Waals surface area contributed by atoms with Crippen LogP contribution in [0.5, 0.6) is 0 Å². The second-order valence-electron chi connectivity index (χ2n) is 4.44. The quantitative estimate of drug-likeness (QED) is 0.501. The Balaban J connectivity index is 1.78. The van der Waals surface area contributed by atoms with Crippen LogP contribution >= 0.6 is 11.6 Å². The molecule has 0 heterocycles. The van der Waals surface area contributed by atoms with Gasteiger partial charge >= 0.3 is 0 Å². The highest BCUT2D eigenvalue weighted by molar-refractivity contribution is 6.20. The van der Waals surface area contributed by atoms with Crippen LogP contribution in [0, 0.1) is 5.92 Å². The van der Waals surface area contributed by atoms with Crippen molar-refractivity contribution in [1.29, 1.82) is 0 Å². The fourth-order valence-corrected chi connectivity index (χ4v) is 2.44. The summed E-state index contributed by atoms with van der Waals surface area (Å²) < 4.78 is 10.4. The summed E-state index contributed by atoms with van der Waals surface area (Å²) in [5, 5.41) is 3.84. The summed E-state index contributed by atoms with van der Waals surface area (Å²) in [5.41, 5.74) is 0. The molecule has 1 saturated carbocycles. The topological polar surface area (TPSA) is 30.5 Å². The molecule has 0 saturated heterocycles. The highest BCUT2D eigenvalue weighted by Gasteiger charge is 2.21. The lowest BCUT2D eigenvalue weighted by molar-refractivity contribution is 0.104. The summed E-state index contributed by atoms with van der Waals surface area (Å²) in [6, 6.07) is 0. The monoisotopic (exact) mass is 249 g/mol. The maximum Gasteiger partial charge on any atom is 0.0590 e. The Labute approximate surface area is 104 Å². The highest BCUT2D eigenvalue weighted by atomic mass is 35.5. The molecule has 0 aromatic rings. The molecule has 0 bridgehead atoms. The van der Waals surface area contributed by atoms with Crippen LogP contribution in [0.15, 0.2) is 0 Å². The van der Waals surface area contributed by atoms with Crippen molar-refractivity contribution < 1.29 is 9.47 Å². The van der Waals surface area contributed by atoms with Crippen LogP contribution in [0.1, 0.15) is 25.7 Å². The van der Waals surface area contributed by atoms with E-state index in [1.807, 2.05) is 0 Å². The van der Waals surface area contributed by atoms with E-state index in [2.05, 4.69) is 5.32 Å². The van der Waals surface area contributed by atoms with Crippen molar-refractivity contribution in [1.82, 2.24) is 5.32 Å². The maximum atomic E-state index is 6.05. The number of methoxy groups -OCH3 is 1. The van der Waals surface area contributed by atoms with E-state index in [-0.39, 0.29) is 0 Å². The standard InChI is InChI=1S/C12H24ClNO2/c1-15-6-2-7-16-8-5-14-10-11-3-4-12(13)9-11/h11-12,14H,2-10H2,1H3. The molecule has 3 nitrogen and oxygen atoms in total. The second kappa shape index (κ2) is 9.23. The number of halogens is 1. The summed E-state index contributed by atoms with van der Waals surface area (Å²) in [5.74, 6) is 0.774. The van der Waals surface area contributed by atoms with E-state index in [1.54, 1.807) is 7.11 Å². The molecule has 0 aromatic carbocycles. The molecule has 1 aliphatic rings. The van der Waals surface area contributed by atoms with Crippen LogP contribution < -0.4 is 5.32 Å². The summed E-state index contributed by atoms with van der Waals surface area (Å²) in [7, 11) is 1.72. The molecule has 1 rings (SSSR count). The number of nitrogens with one attached hydrogen (secondary N) is 1. The second-order valence-corrected chi connectivity index (χ2v) is 5.06. The van der Waals surface area contributed by atoms with Gasteiger partial charge in [-0.1, -0.05) is 0 Å². The molecule has 2 unspecified atom stereocenters. The molecular formula is C12H24ClNO2. The Hall–Kier alpha value is 0.170. The summed E-state index contributed by atoms with van der Waals surface area (Å²) >= 11 is 6.05. The van der Waals surface area contributed by atoms with E-state index in [1.165, 1.54) is 19.3 Å². The number of ether oxygens (including phenoxy) is 2. The van der Waals surface area contributed by atoms with Crippen LogP contribution in [0.4, 0.5) is 0 Å². The van der Waals surface area contributed by atoms with E-state index < -0.39 is 0 Å². The van der Waals surface area contributed by atoms with Gasteiger partial charge in [0, 0.05) is 32.2 Å². The number of hydrogen-bond donors (Lipinski definition) is 1. The zero-order valence-electron chi connectivity index (χ0n) is 10.2. The minimum atomic E-state index is 0.414. The Kier molecular flexibility index (Phi) is 8.21. The van der Waals surface area contributed by atoms with Gasteiger partial charge in [0.2, 0.25) is 0 Å². The molecule has 4 heteroatoms. The van der Waals surface area contributed by atoms with Gasteiger partial charge in [-0.2, -0.15) is 0 Å². The fraction of sp³-hybridized carbons (Fsp3) is 1.00. The summed E-state index contributed by atoms with van der Waals surface area (Å²) in [4.78, 5) is 0. The van der Waals surface area contributed by atoms with E-state index in [0.717, 1.165) is 45.2 Å². The highest BCUT2D eigenvalue weighted by Crippen LogP contribution is 2.28. The average Bonchev–Trinajstić information content (AvgIpc) is 2.68. The van der Waals surface area contributed by atoms with Crippen molar-refractivity contribution in [3.8, 4) is 0 Å². The van der Waals surface area contributed by atoms with Crippen molar-refractivity contribution in [3.05, 3.63) is 0 Å². The Bertz CT molecular complexity index is 169. The van der Waals surface area contributed by atoms with Crippen molar-refractivity contribution >= 4 is 11.6 Å². The third-order valence-electron chi connectivity index (χ3n) is 2.97. The van der Waals surface area contributed by atoms with Gasteiger partial charge in [0.25, 0.3) is 0 Å². The number of rotatable bonds is 9. The molecule has 1 aliphatic carbocycles. The van der Waals surface area contributed by atoms with Gasteiger partial charge in [0.15, 0.2) is 0 Å². The van der Waals surface area contributed by atoms with Crippen LogP contribution in [0.2, 0.25) is 0 Å². The van der Waals surface area contributed by atoms with Crippen LogP contribution in [-0.2, 0) is 9.47 Å². The first kappa shape index (κ1) is 14.2. The molecule has 2 atom stereocenters. The Morgan fingerprint density at radius 3 is 2.81 bits per heavy atom. The lowest BCUT2D eigenvalue weighted by atomic mass is 10.1. The Morgan fingerprint density at radius 1 is 1.25 bits per heavy atom. The maximum absolute atomic E-state index is 6.05. The SMILES string of the molecule is COCCCOCCNCC1CCC(Cl)C1. The zero-order valence-corrected chi connectivity index (χ0v) is 11.0. The summed E-state index contributed by atoms with van der Waals surface area (Å²) in [6.07, 6.45) is 4.60. The van der Waals surface area contributed by atoms with E-state index in [0.29, 0.717) is 5.38 Å². The normalized spacial score (nSPS) is 25.1. The van der Waals surface area contributed by atoms with Gasteiger partial charge in [-0.05, 0) is 38.1 Å². The molecule has 96 valence electrons. The van der Waals surface area contributed by atoms with Gasteiger partial charge in [0.05, 0.1) is 6.61 Å². The predicted molar refractivity (Wildman–Crippen MR) is 67.2 cm³/mol. The Morgan fingerprint density at radius 2 is 2.12 bits per heavy atom. The zero-order chi connectivity index (χ0) is 11.6. The molecule has 0 amide bonds. The average molecular weight is 250 g/mol.